The number of hydrogen-bond acceptors (Lipinski definition) is 3. The molecule has 0 amide bonds. The molecule has 0 aliphatic carbocycles. The maximum Gasteiger partial charge on any atom is 0.0909 e. The lowest BCUT2D eigenvalue weighted by Crippen LogP contribution is -2.25. The molecule has 0 aliphatic heterocycles. The fourth-order valence-electron chi connectivity index (χ4n) is 0.723. The van der Waals surface area contributed by atoms with Crippen LogP contribution in [-0.2, 0) is 0 Å². The summed E-state index contributed by atoms with van der Waals surface area (Å²) in [6.07, 6.45) is 1.15. The second-order valence-electron chi connectivity index (χ2n) is 2.81. The van der Waals surface area contributed by atoms with Crippen LogP contribution < -0.4 is 10.6 Å². The molecule has 3 nitrogen and oxygen atoms in total. The molecular formula is C8H19N3. The molecule has 3 heteroatoms. The van der Waals surface area contributed by atoms with E-state index in [4.69, 9.17) is 0 Å². The smallest absolute Gasteiger partial charge is 0.0909 e. The highest BCUT2D eigenvalue weighted by molar-refractivity contribution is 4.85. The molecule has 66 valence electrons. The van der Waals surface area contributed by atoms with E-state index in [1.54, 1.807) is 0 Å². The van der Waals surface area contributed by atoms with Crippen LogP contribution in [0.5, 0.6) is 0 Å². The molecule has 0 aromatic carbocycles. The van der Waals surface area contributed by atoms with Gasteiger partial charge in [-0.05, 0) is 27.1 Å². The van der Waals surface area contributed by atoms with Crippen LogP contribution in [0.3, 0.4) is 0 Å². The van der Waals surface area contributed by atoms with Crippen molar-refractivity contribution in [2.45, 2.75) is 6.42 Å². The van der Waals surface area contributed by atoms with Gasteiger partial charge in [0.15, 0.2) is 0 Å². The van der Waals surface area contributed by atoms with Gasteiger partial charge in [0.1, 0.15) is 0 Å². The van der Waals surface area contributed by atoms with Crippen molar-refractivity contribution in [3.05, 3.63) is 12.4 Å². The first-order valence-electron chi connectivity index (χ1n) is 3.92. The summed E-state index contributed by atoms with van der Waals surface area (Å²) < 4.78 is 0. The van der Waals surface area contributed by atoms with E-state index in [1.165, 1.54) is 0 Å². The molecule has 2 N–H and O–H groups in total. The minimum Gasteiger partial charge on any atom is -0.375 e. The van der Waals surface area contributed by atoms with Crippen molar-refractivity contribution in [3.8, 4) is 0 Å². The summed E-state index contributed by atoms with van der Waals surface area (Å²) in [6.45, 7) is 5.85. The van der Waals surface area contributed by atoms with E-state index in [2.05, 4.69) is 36.2 Å². The molecule has 0 saturated carbocycles. The molecule has 0 unspecified atom stereocenters. The number of rotatable bonds is 6. The predicted octanol–water partition coefficient (Wildman–Crippen LogP) is 0.218. The van der Waals surface area contributed by atoms with Crippen molar-refractivity contribution in [2.24, 2.45) is 0 Å². The van der Waals surface area contributed by atoms with Crippen molar-refractivity contribution in [1.29, 1.82) is 0 Å². The van der Waals surface area contributed by atoms with Gasteiger partial charge in [0.25, 0.3) is 0 Å². The van der Waals surface area contributed by atoms with E-state index in [9.17, 15) is 0 Å². The number of nitrogens with zero attached hydrogens (tertiary/aromatic N) is 1. The van der Waals surface area contributed by atoms with Gasteiger partial charge in [0.2, 0.25) is 0 Å². The van der Waals surface area contributed by atoms with Crippen LogP contribution in [0.2, 0.25) is 0 Å². The van der Waals surface area contributed by atoms with Crippen LogP contribution in [0.25, 0.3) is 0 Å². The van der Waals surface area contributed by atoms with Crippen LogP contribution in [0, 0.1) is 0 Å². The SMILES string of the molecule is C=C(NC)NCCCN(C)C. The first kappa shape index (κ1) is 10.3. The van der Waals surface area contributed by atoms with Gasteiger partial charge in [0.05, 0.1) is 5.82 Å². The Balaban J connectivity index is 3.08. The Morgan fingerprint density at radius 2 is 2.09 bits per heavy atom. The highest BCUT2D eigenvalue weighted by Crippen LogP contribution is 1.82. The van der Waals surface area contributed by atoms with E-state index in [-0.39, 0.29) is 0 Å². The highest BCUT2D eigenvalue weighted by Gasteiger charge is 1.90. The van der Waals surface area contributed by atoms with Crippen molar-refractivity contribution in [2.75, 3.05) is 34.2 Å². The maximum absolute atomic E-state index is 3.75. The molecule has 0 fully saturated rings. The van der Waals surface area contributed by atoms with Crippen LogP contribution in [0.4, 0.5) is 0 Å². The minimum absolute atomic E-state index is 0.892. The van der Waals surface area contributed by atoms with E-state index < -0.39 is 0 Å². The van der Waals surface area contributed by atoms with Crippen molar-refractivity contribution < 1.29 is 0 Å². The Labute approximate surface area is 69.5 Å². The van der Waals surface area contributed by atoms with Crippen LogP contribution in [-0.4, -0.2) is 39.1 Å². The third kappa shape index (κ3) is 7.19. The summed E-state index contributed by atoms with van der Waals surface area (Å²) in [4.78, 5) is 2.17. The first-order valence-corrected chi connectivity index (χ1v) is 3.92. The fraction of sp³-hybridized carbons (Fsp3) is 0.750. The third-order valence-corrected chi connectivity index (χ3v) is 1.42. The Bertz CT molecular complexity index is 110. The largest absolute Gasteiger partial charge is 0.375 e. The van der Waals surface area contributed by atoms with E-state index in [0.717, 1.165) is 25.3 Å². The molecule has 0 spiro atoms. The molecule has 0 aromatic rings. The standard InChI is InChI=1S/C8H19N3/c1-8(9-2)10-6-5-7-11(3)4/h9-10H,1,5-7H2,2-4H3. The van der Waals surface area contributed by atoms with E-state index >= 15 is 0 Å². The molecule has 0 saturated heterocycles. The molecule has 0 aromatic heterocycles. The average molecular weight is 157 g/mol. The summed E-state index contributed by atoms with van der Waals surface area (Å²) in [5.41, 5.74) is 0. The quantitative estimate of drug-likeness (QED) is 0.540. The molecule has 0 atom stereocenters. The molecule has 0 radical (unpaired) electrons. The van der Waals surface area contributed by atoms with Crippen LogP contribution >= 0.6 is 0 Å². The van der Waals surface area contributed by atoms with E-state index in [1.807, 2.05) is 7.05 Å². The molecule has 0 heterocycles. The highest BCUT2D eigenvalue weighted by atomic mass is 15.1. The predicted molar refractivity (Wildman–Crippen MR) is 49.4 cm³/mol. The maximum atomic E-state index is 3.75. The zero-order valence-electron chi connectivity index (χ0n) is 7.78. The van der Waals surface area contributed by atoms with E-state index in [0.29, 0.717) is 0 Å². The zero-order valence-corrected chi connectivity index (χ0v) is 7.78. The summed E-state index contributed by atoms with van der Waals surface area (Å²) in [7, 11) is 6.01. The Morgan fingerprint density at radius 3 is 2.55 bits per heavy atom. The lowest BCUT2D eigenvalue weighted by molar-refractivity contribution is 0.397. The number of nitrogens with one attached hydrogen (secondary N) is 2. The molecule has 0 aliphatic rings. The van der Waals surface area contributed by atoms with Gasteiger partial charge in [-0.15, -0.1) is 0 Å². The molecule has 0 bridgehead atoms. The van der Waals surface area contributed by atoms with Crippen molar-refractivity contribution >= 4 is 0 Å². The zero-order chi connectivity index (χ0) is 8.69. The Kier molecular flexibility index (Phi) is 5.65. The van der Waals surface area contributed by atoms with Gasteiger partial charge in [-0.3, -0.25) is 0 Å². The monoisotopic (exact) mass is 157 g/mol. The van der Waals surface area contributed by atoms with Crippen LogP contribution in [0.15, 0.2) is 12.4 Å². The van der Waals surface area contributed by atoms with Gasteiger partial charge in [0, 0.05) is 13.6 Å². The minimum atomic E-state index is 0.892. The van der Waals surface area contributed by atoms with Gasteiger partial charge >= 0.3 is 0 Å². The van der Waals surface area contributed by atoms with Crippen molar-refractivity contribution in [1.82, 2.24) is 15.5 Å². The normalized spacial score (nSPS) is 9.82. The second kappa shape index (κ2) is 6.04. The van der Waals surface area contributed by atoms with Crippen LogP contribution in [0.1, 0.15) is 6.42 Å². The summed E-state index contributed by atoms with van der Waals surface area (Å²) >= 11 is 0. The van der Waals surface area contributed by atoms with Gasteiger partial charge < -0.3 is 15.5 Å². The Morgan fingerprint density at radius 1 is 1.45 bits per heavy atom. The third-order valence-electron chi connectivity index (χ3n) is 1.42. The van der Waals surface area contributed by atoms with Gasteiger partial charge in [-0.25, -0.2) is 0 Å². The summed E-state index contributed by atoms with van der Waals surface area (Å²) in [6, 6.07) is 0. The summed E-state index contributed by atoms with van der Waals surface area (Å²) in [5, 5.41) is 6.09. The topological polar surface area (TPSA) is 27.3 Å². The van der Waals surface area contributed by atoms with Gasteiger partial charge in [-0.1, -0.05) is 6.58 Å². The molecule has 11 heavy (non-hydrogen) atoms. The van der Waals surface area contributed by atoms with Gasteiger partial charge in [-0.2, -0.15) is 0 Å². The second-order valence-corrected chi connectivity index (χ2v) is 2.81. The van der Waals surface area contributed by atoms with Crippen molar-refractivity contribution in [3.63, 3.8) is 0 Å². The fourth-order valence-corrected chi connectivity index (χ4v) is 0.723. The summed E-state index contributed by atoms with van der Waals surface area (Å²) in [5.74, 6) is 0.892. The lowest BCUT2D eigenvalue weighted by atomic mass is 10.4. The number of hydrogen-bond donors (Lipinski definition) is 2. The average Bonchev–Trinajstić information content (AvgIpc) is 1.97. The first-order chi connectivity index (χ1) is 5.16. The lowest BCUT2D eigenvalue weighted by Gasteiger charge is -2.11. The molecular weight excluding hydrogens is 138 g/mol. The Hall–Kier alpha value is -0.700. The molecule has 0 rings (SSSR count).